The normalized spacial score (nSPS) is 11.6. The number of hydrogen-bond donors (Lipinski definition) is 0. The number of methoxy groups -OCH3 is 1. The SMILES string of the molecule is COc1nc(C(C)(C)C)nc(SC)c1Cl. The summed E-state index contributed by atoms with van der Waals surface area (Å²) in [5, 5.41) is 1.24. The Hall–Kier alpha value is -0.480. The van der Waals surface area contributed by atoms with Crippen molar-refractivity contribution >= 4 is 23.4 Å². The van der Waals surface area contributed by atoms with E-state index in [0.717, 1.165) is 10.9 Å². The fourth-order valence-electron chi connectivity index (χ4n) is 1.01. The van der Waals surface area contributed by atoms with E-state index in [9.17, 15) is 0 Å². The van der Waals surface area contributed by atoms with Crippen LogP contribution in [-0.2, 0) is 5.41 Å². The molecule has 0 radical (unpaired) electrons. The average Bonchev–Trinajstić information content (AvgIpc) is 2.16. The van der Waals surface area contributed by atoms with E-state index < -0.39 is 0 Å². The van der Waals surface area contributed by atoms with Gasteiger partial charge >= 0.3 is 0 Å². The van der Waals surface area contributed by atoms with Crippen molar-refractivity contribution in [2.45, 2.75) is 31.2 Å². The van der Waals surface area contributed by atoms with Gasteiger partial charge in [0.25, 0.3) is 0 Å². The number of ether oxygens (including phenoxy) is 1. The number of halogens is 1. The molecule has 1 aromatic rings. The molecule has 1 aromatic heterocycles. The molecular weight excluding hydrogens is 232 g/mol. The van der Waals surface area contributed by atoms with Crippen molar-refractivity contribution in [3.05, 3.63) is 10.8 Å². The second-order valence-electron chi connectivity index (χ2n) is 4.13. The molecule has 1 heterocycles. The quantitative estimate of drug-likeness (QED) is 0.593. The van der Waals surface area contributed by atoms with Gasteiger partial charge in [-0.2, -0.15) is 4.98 Å². The van der Waals surface area contributed by atoms with Crippen LogP contribution in [0.4, 0.5) is 0 Å². The lowest BCUT2D eigenvalue weighted by molar-refractivity contribution is 0.386. The topological polar surface area (TPSA) is 35.0 Å². The van der Waals surface area contributed by atoms with Crippen molar-refractivity contribution in [3.8, 4) is 5.88 Å². The Labute approximate surface area is 99.6 Å². The van der Waals surface area contributed by atoms with E-state index in [-0.39, 0.29) is 5.41 Å². The zero-order chi connectivity index (χ0) is 11.6. The Morgan fingerprint density at radius 3 is 2.27 bits per heavy atom. The summed E-state index contributed by atoms with van der Waals surface area (Å²) in [6.07, 6.45) is 1.93. The molecule has 15 heavy (non-hydrogen) atoms. The number of rotatable bonds is 2. The molecule has 1 rings (SSSR count). The zero-order valence-electron chi connectivity index (χ0n) is 9.59. The standard InChI is InChI=1S/C10H15ClN2OS/c1-10(2,3)9-12-7(14-4)6(11)8(13-9)15-5/h1-5H3. The first-order valence-corrected chi connectivity index (χ1v) is 6.16. The highest BCUT2D eigenvalue weighted by atomic mass is 35.5. The molecule has 3 nitrogen and oxygen atoms in total. The molecule has 0 atom stereocenters. The lowest BCUT2D eigenvalue weighted by atomic mass is 9.96. The highest BCUT2D eigenvalue weighted by molar-refractivity contribution is 7.98. The van der Waals surface area contributed by atoms with Gasteiger partial charge in [0.15, 0.2) is 0 Å². The van der Waals surface area contributed by atoms with Gasteiger partial charge in [-0.15, -0.1) is 11.8 Å². The number of aromatic nitrogens is 2. The lowest BCUT2D eigenvalue weighted by Gasteiger charge is -2.18. The summed E-state index contributed by atoms with van der Waals surface area (Å²) >= 11 is 7.55. The summed E-state index contributed by atoms with van der Waals surface area (Å²) in [5.41, 5.74) is -0.109. The highest BCUT2D eigenvalue weighted by Gasteiger charge is 2.21. The lowest BCUT2D eigenvalue weighted by Crippen LogP contribution is -2.17. The van der Waals surface area contributed by atoms with Crippen LogP contribution in [0, 0.1) is 0 Å². The van der Waals surface area contributed by atoms with E-state index in [0.29, 0.717) is 10.9 Å². The van der Waals surface area contributed by atoms with Gasteiger partial charge in [0.1, 0.15) is 15.9 Å². The van der Waals surface area contributed by atoms with Gasteiger partial charge in [0.05, 0.1) is 7.11 Å². The molecule has 0 unspecified atom stereocenters. The van der Waals surface area contributed by atoms with Gasteiger partial charge in [-0.1, -0.05) is 32.4 Å². The van der Waals surface area contributed by atoms with Gasteiger partial charge in [-0.05, 0) is 6.26 Å². The number of nitrogens with zero attached hydrogens (tertiary/aromatic N) is 2. The van der Waals surface area contributed by atoms with Gasteiger partial charge in [0, 0.05) is 5.41 Å². The summed E-state index contributed by atoms with van der Waals surface area (Å²) in [7, 11) is 1.56. The van der Waals surface area contributed by atoms with E-state index in [4.69, 9.17) is 16.3 Å². The summed E-state index contributed by atoms with van der Waals surface area (Å²) in [6.45, 7) is 6.17. The monoisotopic (exact) mass is 246 g/mol. The molecule has 0 spiro atoms. The summed E-state index contributed by atoms with van der Waals surface area (Å²) in [4.78, 5) is 8.70. The fraction of sp³-hybridized carbons (Fsp3) is 0.600. The number of thioether (sulfide) groups is 1. The first-order chi connectivity index (χ1) is 6.90. The van der Waals surface area contributed by atoms with Gasteiger partial charge in [-0.25, -0.2) is 4.98 Å². The molecule has 0 N–H and O–H groups in total. The minimum absolute atomic E-state index is 0.109. The van der Waals surface area contributed by atoms with Crippen LogP contribution < -0.4 is 4.74 Å². The van der Waals surface area contributed by atoms with E-state index in [2.05, 4.69) is 30.7 Å². The maximum atomic E-state index is 6.06. The molecule has 0 fully saturated rings. The number of hydrogen-bond acceptors (Lipinski definition) is 4. The van der Waals surface area contributed by atoms with Crippen LogP contribution >= 0.6 is 23.4 Å². The van der Waals surface area contributed by atoms with Crippen LogP contribution in [0.1, 0.15) is 26.6 Å². The predicted octanol–water partition coefficient (Wildman–Crippen LogP) is 3.16. The molecule has 0 saturated carbocycles. The van der Waals surface area contributed by atoms with E-state index in [1.165, 1.54) is 11.8 Å². The third kappa shape index (κ3) is 2.75. The highest BCUT2D eigenvalue weighted by Crippen LogP contribution is 2.33. The van der Waals surface area contributed by atoms with Crippen LogP contribution in [0.25, 0.3) is 0 Å². The minimum atomic E-state index is -0.109. The van der Waals surface area contributed by atoms with Crippen LogP contribution in [0.15, 0.2) is 5.03 Å². The van der Waals surface area contributed by atoms with Crippen molar-refractivity contribution in [3.63, 3.8) is 0 Å². The van der Waals surface area contributed by atoms with Crippen molar-refractivity contribution in [1.29, 1.82) is 0 Å². The zero-order valence-corrected chi connectivity index (χ0v) is 11.2. The molecule has 0 saturated heterocycles. The first-order valence-electron chi connectivity index (χ1n) is 4.56. The van der Waals surface area contributed by atoms with Crippen LogP contribution in [0.2, 0.25) is 5.02 Å². The molecular formula is C10H15ClN2OS. The third-order valence-corrected chi connectivity index (χ3v) is 2.98. The second-order valence-corrected chi connectivity index (χ2v) is 5.30. The van der Waals surface area contributed by atoms with E-state index in [1.54, 1.807) is 7.11 Å². The van der Waals surface area contributed by atoms with Crippen molar-refractivity contribution in [2.24, 2.45) is 0 Å². The van der Waals surface area contributed by atoms with Crippen molar-refractivity contribution < 1.29 is 4.74 Å². The van der Waals surface area contributed by atoms with Crippen LogP contribution in [0.5, 0.6) is 5.88 Å². The van der Waals surface area contributed by atoms with Crippen molar-refractivity contribution in [1.82, 2.24) is 9.97 Å². The Balaban J connectivity index is 3.33. The van der Waals surface area contributed by atoms with Gasteiger partial charge in [0.2, 0.25) is 5.88 Å². The molecule has 0 aliphatic heterocycles. The van der Waals surface area contributed by atoms with Gasteiger partial charge in [-0.3, -0.25) is 0 Å². The third-order valence-electron chi connectivity index (χ3n) is 1.85. The first kappa shape index (κ1) is 12.6. The van der Waals surface area contributed by atoms with Crippen LogP contribution in [0.3, 0.4) is 0 Å². The van der Waals surface area contributed by atoms with Crippen molar-refractivity contribution in [2.75, 3.05) is 13.4 Å². The largest absolute Gasteiger partial charge is 0.480 e. The fourth-order valence-corrected chi connectivity index (χ4v) is 1.85. The average molecular weight is 247 g/mol. The molecule has 0 aliphatic carbocycles. The maximum absolute atomic E-state index is 6.06. The predicted molar refractivity (Wildman–Crippen MR) is 64.1 cm³/mol. The molecule has 0 bridgehead atoms. The Morgan fingerprint density at radius 2 is 1.87 bits per heavy atom. The maximum Gasteiger partial charge on any atom is 0.236 e. The Bertz CT molecular complexity index is 338. The Kier molecular flexibility index (Phi) is 3.84. The minimum Gasteiger partial charge on any atom is -0.480 e. The Morgan fingerprint density at radius 1 is 1.27 bits per heavy atom. The second kappa shape index (κ2) is 4.58. The smallest absolute Gasteiger partial charge is 0.236 e. The molecule has 84 valence electrons. The molecule has 5 heteroatoms. The summed E-state index contributed by atoms with van der Waals surface area (Å²) in [5.74, 6) is 1.19. The molecule has 0 amide bonds. The molecule has 0 aliphatic rings. The summed E-state index contributed by atoms with van der Waals surface area (Å²) < 4.78 is 5.13. The van der Waals surface area contributed by atoms with E-state index in [1.807, 2.05) is 6.26 Å². The van der Waals surface area contributed by atoms with Crippen LogP contribution in [-0.4, -0.2) is 23.3 Å². The summed E-state index contributed by atoms with van der Waals surface area (Å²) in [6, 6.07) is 0. The van der Waals surface area contributed by atoms with E-state index >= 15 is 0 Å². The molecule has 0 aromatic carbocycles. The van der Waals surface area contributed by atoms with Gasteiger partial charge < -0.3 is 4.74 Å².